The summed E-state index contributed by atoms with van der Waals surface area (Å²) >= 11 is 8.08. The summed E-state index contributed by atoms with van der Waals surface area (Å²) in [5.41, 5.74) is 2.00. The van der Waals surface area contributed by atoms with Crippen molar-refractivity contribution in [1.29, 1.82) is 0 Å². The molecule has 2 heterocycles. The van der Waals surface area contributed by atoms with E-state index in [4.69, 9.17) is 21.1 Å². The Morgan fingerprint density at radius 2 is 2.17 bits per heavy atom. The number of rotatable bonds is 11. The summed E-state index contributed by atoms with van der Waals surface area (Å²) in [5.74, 6) is 2.09. The molecule has 3 rings (SSSR count). The van der Waals surface area contributed by atoms with Crippen LogP contribution in [0.2, 0.25) is 5.02 Å². The average Bonchev–Trinajstić information content (AvgIpc) is 3.14. The Hall–Kier alpha value is -2.36. The van der Waals surface area contributed by atoms with Gasteiger partial charge in [0.15, 0.2) is 11.5 Å². The van der Waals surface area contributed by atoms with Gasteiger partial charge in [-0.15, -0.1) is 5.10 Å². The largest absolute Gasteiger partial charge is 0.493 e. The number of ether oxygens (including phenoxy) is 2. The van der Waals surface area contributed by atoms with Gasteiger partial charge in [0.2, 0.25) is 5.16 Å². The molecule has 0 atom stereocenters. The van der Waals surface area contributed by atoms with E-state index in [1.807, 2.05) is 31.3 Å². The fourth-order valence-corrected chi connectivity index (χ4v) is 3.67. The van der Waals surface area contributed by atoms with Crippen LogP contribution >= 0.6 is 23.4 Å². The molecule has 0 unspecified atom stereocenters. The van der Waals surface area contributed by atoms with Gasteiger partial charge in [-0.25, -0.2) is 4.68 Å². The van der Waals surface area contributed by atoms with E-state index in [1.165, 1.54) is 0 Å². The summed E-state index contributed by atoms with van der Waals surface area (Å²) in [6, 6.07) is 7.66. The number of benzene rings is 1. The molecule has 3 aromatic rings. The molecule has 0 bridgehead atoms. The van der Waals surface area contributed by atoms with E-state index in [2.05, 4.69) is 25.8 Å². The molecule has 0 fully saturated rings. The highest BCUT2D eigenvalue weighted by molar-refractivity contribution is 7.99. The maximum Gasteiger partial charge on any atom is 0.209 e. The second-order valence-electron chi connectivity index (χ2n) is 6.22. The molecule has 0 aliphatic rings. The zero-order valence-corrected chi connectivity index (χ0v) is 17.9. The minimum atomic E-state index is 0.375. The maximum atomic E-state index is 6.44. The molecule has 154 valence electrons. The van der Waals surface area contributed by atoms with Crippen molar-refractivity contribution in [3.8, 4) is 11.5 Å². The van der Waals surface area contributed by atoms with Gasteiger partial charge in [-0.1, -0.05) is 29.4 Å². The molecule has 2 aromatic heterocycles. The summed E-state index contributed by atoms with van der Waals surface area (Å²) in [5, 5.41) is 16.2. The smallest absolute Gasteiger partial charge is 0.209 e. The molecule has 0 saturated heterocycles. The number of nitrogens with one attached hydrogen (secondary N) is 1. The van der Waals surface area contributed by atoms with E-state index in [0.29, 0.717) is 29.7 Å². The number of hydrogen-bond donors (Lipinski definition) is 1. The predicted molar refractivity (Wildman–Crippen MR) is 112 cm³/mol. The SMILES string of the molecule is COc1cc(CNCCCSc2nnnn2C)cc(Cl)c1OCc1cccnc1. The minimum Gasteiger partial charge on any atom is -0.493 e. The van der Waals surface area contributed by atoms with E-state index >= 15 is 0 Å². The molecule has 0 aliphatic carbocycles. The van der Waals surface area contributed by atoms with Crippen molar-refractivity contribution in [3.05, 3.63) is 52.8 Å². The molecule has 10 heteroatoms. The van der Waals surface area contributed by atoms with Crippen LogP contribution in [0.25, 0.3) is 0 Å². The number of methoxy groups -OCH3 is 1. The van der Waals surface area contributed by atoms with E-state index in [-0.39, 0.29) is 0 Å². The van der Waals surface area contributed by atoms with Crippen molar-refractivity contribution in [2.45, 2.75) is 24.7 Å². The Morgan fingerprint density at radius 1 is 1.28 bits per heavy atom. The van der Waals surface area contributed by atoms with Gasteiger partial charge in [-0.3, -0.25) is 4.98 Å². The van der Waals surface area contributed by atoms with Gasteiger partial charge < -0.3 is 14.8 Å². The van der Waals surface area contributed by atoms with Crippen LogP contribution in [-0.2, 0) is 20.2 Å². The van der Waals surface area contributed by atoms with Crippen molar-refractivity contribution < 1.29 is 9.47 Å². The highest BCUT2D eigenvalue weighted by atomic mass is 35.5. The van der Waals surface area contributed by atoms with E-state index < -0.39 is 0 Å². The van der Waals surface area contributed by atoms with E-state index in [1.54, 1.807) is 35.9 Å². The van der Waals surface area contributed by atoms with Gasteiger partial charge in [0.25, 0.3) is 0 Å². The fraction of sp³-hybridized carbons (Fsp3) is 0.368. The average molecular weight is 435 g/mol. The lowest BCUT2D eigenvalue weighted by atomic mass is 10.2. The lowest BCUT2D eigenvalue weighted by Gasteiger charge is -2.14. The topological polar surface area (TPSA) is 87.0 Å². The highest BCUT2D eigenvalue weighted by Gasteiger charge is 2.12. The first kappa shape index (κ1) is 21.4. The molecule has 1 N–H and O–H groups in total. The number of halogens is 1. The van der Waals surface area contributed by atoms with Gasteiger partial charge in [0, 0.05) is 37.3 Å². The van der Waals surface area contributed by atoms with E-state index in [9.17, 15) is 0 Å². The minimum absolute atomic E-state index is 0.375. The number of pyridine rings is 1. The quantitative estimate of drug-likeness (QED) is 0.364. The van der Waals surface area contributed by atoms with Crippen LogP contribution in [0.3, 0.4) is 0 Å². The Labute approximate surface area is 179 Å². The molecule has 29 heavy (non-hydrogen) atoms. The Balaban J connectivity index is 1.47. The summed E-state index contributed by atoms with van der Waals surface area (Å²) < 4.78 is 13.0. The summed E-state index contributed by atoms with van der Waals surface area (Å²) in [6.07, 6.45) is 4.48. The number of nitrogens with zero attached hydrogens (tertiary/aromatic N) is 5. The standard InChI is InChI=1S/C19H23ClN6O2S/c1-26-19(23-24-25-26)29-8-4-7-22-12-15-9-16(20)18(17(10-15)27-2)28-13-14-5-3-6-21-11-14/h3,5-6,9-11,22H,4,7-8,12-13H2,1-2H3. The first-order valence-corrected chi connectivity index (χ1v) is 10.5. The molecular weight excluding hydrogens is 412 g/mol. The normalized spacial score (nSPS) is 10.9. The first-order chi connectivity index (χ1) is 14.2. The summed E-state index contributed by atoms with van der Waals surface area (Å²) in [7, 11) is 3.44. The maximum absolute atomic E-state index is 6.44. The molecule has 0 spiro atoms. The Morgan fingerprint density at radius 3 is 2.90 bits per heavy atom. The third-order valence-electron chi connectivity index (χ3n) is 4.03. The van der Waals surface area contributed by atoms with Crippen LogP contribution in [0.4, 0.5) is 0 Å². The van der Waals surface area contributed by atoms with Gasteiger partial charge in [-0.05, 0) is 47.2 Å². The summed E-state index contributed by atoms with van der Waals surface area (Å²) in [4.78, 5) is 4.08. The highest BCUT2D eigenvalue weighted by Crippen LogP contribution is 2.37. The van der Waals surface area contributed by atoms with Crippen molar-refractivity contribution in [1.82, 2.24) is 30.5 Å². The molecule has 0 radical (unpaired) electrons. The van der Waals surface area contributed by atoms with Crippen LogP contribution < -0.4 is 14.8 Å². The van der Waals surface area contributed by atoms with Gasteiger partial charge in [-0.2, -0.15) is 0 Å². The molecule has 1 aromatic carbocycles. The monoisotopic (exact) mass is 434 g/mol. The van der Waals surface area contributed by atoms with Crippen molar-refractivity contribution in [3.63, 3.8) is 0 Å². The van der Waals surface area contributed by atoms with Crippen molar-refractivity contribution in [2.24, 2.45) is 7.05 Å². The predicted octanol–water partition coefficient (Wildman–Crippen LogP) is 3.12. The van der Waals surface area contributed by atoms with Crippen LogP contribution in [-0.4, -0.2) is 44.6 Å². The molecule has 8 nitrogen and oxygen atoms in total. The number of aromatic nitrogens is 5. The molecule has 0 aliphatic heterocycles. The van der Waals surface area contributed by atoms with Crippen LogP contribution in [0.5, 0.6) is 11.5 Å². The molecular formula is C19H23ClN6O2S. The Kier molecular flexibility index (Phi) is 8.09. The number of aryl methyl sites for hydroxylation is 1. The zero-order valence-electron chi connectivity index (χ0n) is 16.3. The van der Waals surface area contributed by atoms with Gasteiger partial charge >= 0.3 is 0 Å². The first-order valence-electron chi connectivity index (χ1n) is 9.11. The molecule has 0 amide bonds. The number of tetrazole rings is 1. The third kappa shape index (κ3) is 6.31. The van der Waals surface area contributed by atoms with Crippen LogP contribution in [0, 0.1) is 0 Å². The lowest BCUT2D eigenvalue weighted by molar-refractivity contribution is 0.284. The van der Waals surface area contributed by atoms with Crippen LogP contribution in [0.15, 0.2) is 41.8 Å². The molecule has 0 saturated carbocycles. The van der Waals surface area contributed by atoms with Gasteiger partial charge in [0.05, 0.1) is 12.1 Å². The fourth-order valence-electron chi connectivity index (χ4n) is 2.59. The third-order valence-corrected chi connectivity index (χ3v) is 5.41. The lowest BCUT2D eigenvalue weighted by Crippen LogP contribution is -2.15. The van der Waals surface area contributed by atoms with E-state index in [0.717, 1.165) is 35.0 Å². The second-order valence-corrected chi connectivity index (χ2v) is 7.69. The van der Waals surface area contributed by atoms with Crippen molar-refractivity contribution >= 4 is 23.4 Å². The second kappa shape index (κ2) is 11.0. The Bertz CT molecular complexity index is 909. The summed E-state index contributed by atoms with van der Waals surface area (Å²) in [6.45, 7) is 1.94. The van der Waals surface area contributed by atoms with Crippen molar-refractivity contribution in [2.75, 3.05) is 19.4 Å². The number of thioether (sulfide) groups is 1. The van der Waals surface area contributed by atoms with Crippen LogP contribution in [0.1, 0.15) is 17.5 Å². The van der Waals surface area contributed by atoms with Gasteiger partial charge in [0.1, 0.15) is 6.61 Å². The number of hydrogen-bond acceptors (Lipinski definition) is 8. The zero-order chi connectivity index (χ0) is 20.5.